The molecule has 0 N–H and O–H groups in total. The number of hydrogen-bond donors (Lipinski definition) is 0. The van der Waals surface area contributed by atoms with Crippen molar-refractivity contribution in [3.8, 4) is 5.75 Å². The van der Waals surface area contributed by atoms with Crippen LogP contribution in [0.1, 0.15) is 5.56 Å². The molecule has 0 aliphatic carbocycles. The highest BCUT2D eigenvalue weighted by Gasteiger charge is 1.98. The van der Waals surface area contributed by atoms with E-state index in [0.29, 0.717) is 11.5 Å². The van der Waals surface area contributed by atoms with Gasteiger partial charge in [-0.1, -0.05) is 24.3 Å². The van der Waals surface area contributed by atoms with Crippen LogP contribution in [0.2, 0.25) is 0 Å². The van der Waals surface area contributed by atoms with E-state index >= 15 is 0 Å². The Kier molecular flexibility index (Phi) is 6.54. The van der Waals surface area contributed by atoms with Crippen LogP contribution in [0.4, 0.5) is 0 Å². The summed E-state index contributed by atoms with van der Waals surface area (Å²) in [4.78, 5) is 14.9. The van der Waals surface area contributed by atoms with E-state index in [2.05, 4.69) is 16.3 Å². The summed E-state index contributed by atoms with van der Waals surface area (Å²) >= 11 is 0. The molecule has 1 rings (SSSR count). The molecule has 0 fully saturated rings. The third kappa shape index (κ3) is 5.82. The lowest BCUT2D eigenvalue weighted by molar-refractivity contribution is -0.134. The average molecular weight is 271 g/mol. The Labute approximate surface area is 118 Å². The van der Waals surface area contributed by atoms with Crippen molar-refractivity contribution < 1.29 is 14.3 Å². The monoisotopic (exact) mass is 271 g/mol. The van der Waals surface area contributed by atoms with E-state index < -0.39 is 5.97 Å². The number of carbonyl (C=O) groups excluding carboxylic acids is 1. The van der Waals surface area contributed by atoms with Crippen LogP contribution in [0.5, 0.6) is 5.75 Å². The molecule has 0 unspecified atom stereocenters. The topological polar surface area (TPSA) is 47.9 Å². The van der Waals surface area contributed by atoms with E-state index in [0.717, 1.165) is 5.56 Å². The molecule has 0 aromatic heterocycles. The lowest BCUT2D eigenvalue weighted by Gasteiger charge is -2.06. The molecular weight excluding hydrogens is 254 g/mol. The summed E-state index contributed by atoms with van der Waals surface area (Å²) < 4.78 is 10.2. The van der Waals surface area contributed by atoms with Crippen LogP contribution < -0.4 is 4.74 Å². The van der Waals surface area contributed by atoms with Crippen LogP contribution in [0.15, 0.2) is 66.0 Å². The summed E-state index contributed by atoms with van der Waals surface area (Å²) in [7, 11) is 1.32. The minimum Gasteiger partial charge on any atom is -0.466 e. The first-order valence-electron chi connectivity index (χ1n) is 6.00. The van der Waals surface area contributed by atoms with Crippen molar-refractivity contribution in [2.45, 2.75) is 6.92 Å². The van der Waals surface area contributed by atoms with Crippen molar-refractivity contribution >= 4 is 12.2 Å². The number of nitrogens with zero attached hydrogens (tertiary/aromatic N) is 1. The lowest BCUT2D eigenvalue weighted by atomic mass is 10.2. The summed E-state index contributed by atoms with van der Waals surface area (Å²) in [5.74, 6) is 0.678. The number of aryl methyl sites for hydroxylation is 1. The minimum atomic E-state index is -0.455. The van der Waals surface area contributed by atoms with E-state index in [1.807, 2.05) is 31.2 Å². The largest absolute Gasteiger partial charge is 0.466 e. The molecule has 0 spiro atoms. The molecule has 0 heterocycles. The molecule has 0 radical (unpaired) electrons. The van der Waals surface area contributed by atoms with E-state index in [1.165, 1.54) is 31.7 Å². The molecule has 0 bridgehead atoms. The quantitative estimate of drug-likeness (QED) is 0.262. The molecule has 0 atom stereocenters. The Morgan fingerprint density at radius 1 is 1.25 bits per heavy atom. The van der Waals surface area contributed by atoms with Crippen molar-refractivity contribution in [3.63, 3.8) is 0 Å². The predicted molar refractivity (Wildman–Crippen MR) is 79.7 cm³/mol. The lowest BCUT2D eigenvalue weighted by Crippen LogP contribution is -1.97. The van der Waals surface area contributed by atoms with Gasteiger partial charge in [0.15, 0.2) is 0 Å². The highest BCUT2D eigenvalue weighted by atomic mass is 16.5. The Hall–Kier alpha value is -2.62. The first-order chi connectivity index (χ1) is 9.65. The Morgan fingerprint density at radius 2 is 1.95 bits per heavy atom. The number of rotatable bonds is 6. The first kappa shape index (κ1) is 15.4. The average Bonchev–Trinajstić information content (AvgIpc) is 2.46. The van der Waals surface area contributed by atoms with Gasteiger partial charge in [-0.2, -0.15) is 0 Å². The van der Waals surface area contributed by atoms with Crippen molar-refractivity contribution in [2.75, 3.05) is 7.11 Å². The maximum absolute atomic E-state index is 11.1. The fourth-order valence-electron chi connectivity index (χ4n) is 1.26. The second-order valence-electron chi connectivity index (χ2n) is 3.82. The summed E-state index contributed by atoms with van der Waals surface area (Å²) in [5.41, 5.74) is 1.14. The molecule has 1 aromatic carbocycles. The van der Waals surface area contributed by atoms with Crippen LogP contribution in [0, 0.1) is 6.92 Å². The molecule has 20 heavy (non-hydrogen) atoms. The van der Waals surface area contributed by atoms with Gasteiger partial charge in [0.2, 0.25) is 0 Å². The molecule has 0 saturated carbocycles. The Balaban J connectivity index is 2.87. The zero-order valence-corrected chi connectivity index (χ0v) is 11.6. The zero-order valence-electron chi connectivity index (χ0n) is 11.6. The maximum Gasteiger partial charge on any atom is 0.330 e. The number of benzene rings is 1. The second kappa shape index (κ2) is 8.48. The summed E-state index contributed by atoms with van der Waals surface area (Å²) in [6, 6.07) is 7.57. The number of hydrogen-bond acceptors (Lipinski definition) is 4. The van der Waals surface area contributed by atoms with E-state index in [4.69, 9.17) is 4.74 Å². The molecule has 4 heteroatoms. The number of esters is 1. The minimum absolute atomic E-state index is 0.455. The predicted octanol–water partition coefficient (Wildman–Crippen LogP) is 3.20. The Bertz CT molecular complexity index is 539. The molecule has 0 amide bonds. The van der Waals surface area contributed by atoms with Crippen LogP contribution in [-0.2, 0) is 9.53 Å². The maximum atomic E-state index is 11.1. The fraction of sp³-hybridized carbons (Fsp3) is 0.125. The fourth-order valence-corrected chi connectivity index (χ4v) is 1.26. The van der Waals surface area contributed by atoms with Gasteiger partial charge in [-0.3, -0.25) is 4.99 Å². The molecule has 104 valence electrons. The first-order valence-corrected chi connectivity index (χ1v) is 6.00. The SMILES string of the molecule is C=C/N=C/C=C(\C=C\C(=O)OC)Oc1ccc(C)cc1. The van der Waals surface area contributed by atoms with Crippen molar-refractivity contribution in [1.29, 1.82) is 0 Å². The van der Waals surface area contributed by atoms with Crippen molar-refractivity contribution in [1.82, 2.24) is 0 Å². The highest BCUT2D eigenvalue weighted by Crippen LogP contribution is 2.15. The molecule has 1 aromatic rings. The third-order valence-corrected chi connectivity index (χ3v) is 2.27. The summed E-state index contributed by atoms with van der Waals surface area (Å²) in [6.07, 6.45) is 7.35. The van der Waals surface area contributed by atoms with Crippen molar-refractivity contribution in [3.05, 3.63) is 66.6 Å². The Morgan fingerprint density at radius 3 is 2.55 bits per heavy atom. The van der Waals surface area contributed by atoms with Gasteiger partial charge in [0, 0.05) is 18.5 Å². The normalized spacial score (nSPS) is 11.8. The molecule has 0 aliphatic heterocycles. The van der Waals surface area contributed by atoms with E-state index in [9.17, 15) is 4.79 Å². The number of ether oxygens (including phenoxy) is 2. The molecule has 0 saturated heterocycles. The van der Waals surface area contributed by atoms with E-state index in [-0.39, 0.29) is 0 Å². The smallest absolute Gasteiger partial charge is 0.330 e. The van der Waals surface area contributed by atoms with Gasteiger partial charge in [0.1, 0.15) is 11.5 Å². The standard InChI is InChI=1S/C16H17NO3/c1-4-17-12-11-15(9-10-16(18)19-3)20-14-7-5-13(2)6-8-14/h4-12H,1H2,2-3H3/b10-9+,15-11+,17-12+. The number of allylic oxidation sites excluding steroid dienone is 2. The molecule has 4 nitrogen and oxygen atoms in total. The van der Waals surface area contributed by atoms with Gasteiger partial charge in [-0.15, -0.1) is 0 Å². The van der Waals surface area contributed by atoms with Crippen LogP contribution in [0.25, 0.3) is 0 Å². The van der Waals surface area contributed by atoms with E-state index in [1.54, 1.807) is 6.08 Å². The molecule has 0 aliphatic rings. The van der Waals surface area contributed by atoms with Crippen LogP contribution in [0.3, 0.4) is 0 Å². The van der Waals surface area contributed by atoms with Gasteiger partial charge in [-0.05, 0) is 31.2 Å². The van der Waals surface area contributed by atoms with Gasteiger partial charge >= 0.3 is 5.97 Å². The van der Waals surface area contributed by atoms with Crippen LogP contribution >= 0.6 is 0 Å². The highest BCUT2D eigenvalue weighted by molar-refractivity contribution is 5.82. The molecular formula is C16H17NO3. The zero-order chi connectivity index (χ0) is 14.8. The van der Waals surface area contributed by atoms with Crippen molar-refractivity contribution in [2.24, 2.45) is 4.99 Å². The number of aliphatic imine (C=N–C) groups is 1. The van der Waals surface area contributed by atoms with Gasteiger partial charge in [-0.25, -0.2) is 4.79 Å². The van der Waals surface area contributed by atoms with Gasteiger partial charge < -0.3 is 9.47 Å². The number of carbonyl (C=O) groups is 1. The second-order valence-corrected chi connectivity index (χ2v) is 3.82. The van der Waals surface area contributed by atoms with Gasteiger partial charge in [0.25, 0.3) is 0 Å². The third-order valence-electron chi connectivity index (χ3n) is 2.27. The van der Waals surface area contributed by atoms with Gasteiger partial charge in [0.05, 0.1) is 7.11 Å². The number of methoxy groups -OCH3 is 1. The summed E-state index contributed by atoms with van der Waals surface area (Å²) in [6.45, 7) is 5.47. The summed E-state index contributed by atoms with van der Waals surface area (Å²) in [5, 5.41) is 0. The van der Waals surface area contributed by atoms with Crippen LogP contribution in [-0.4, -0.2) is 19.3 Å².